The van der Waals surface area contributed by atoms with Crippen molar-refractivity contribution in [1.29, 1.82) is 0 Å². The minimum absolute atomic E-state index is 0.420. The van der Waals surface area contributed by atoms with E-state index in [0.29, 0.717) is 18.0 Å². The van der Waals surface area contributed by atoms with Crippen LogP contribution in [0.1, 0.15) is 19.0 Å². The van der Waals surface area contributed by atoms with Crippen LogP contribution in [0.2, 0.25) is 0 Å². The molecule has 1 aromatic heterocycles. The van der Waals surface area contributed by atoms with Gasteiger partial charge in [0.15, 0.2) is 5.60 Å². The summed E-state index contributed by atoms with van der Waals surface area (Å²) in [5.41, 5.74) is -0.851. The molecule has 14 heavy (non-hydrogen) atoms. The number of terminal acetylenes is 1. The van der Waals surface area contributed by atoms with Crippen LogP contribution in [0.15, 0.2) is 18.2 Å². The van der Waals surface area contributed by atoms with E-state index in [0.717, 1.165) is 0 Å². The summed E-state index contributed by atoms with van der Waals surface area (Å²) in [6, 6.07) is 5.14. The zero-order valence-electron chi connectivity index (χ0n) is 8.32. The minimum atomic E-state index is -1.30. The predicted molar refractivity (Wildman–Crippen MR) is 53.8 cm³/mol. The van der Waals surface area contributed by atoms with E-state index < -0.39 is 5.60 Å². The van der Waals surface area contributed by atoms with Crippen LogP contribution in [-0.4, -0.2) is 17.2 Å². The number of aromatic nitrogens is 1. The van der Waals surface area contributed by atoms with Crippen molar-refractivity contribution in [2.45, 2.75) is 18.9 Å². The van der Waals surface area contributed by atoms with E-state index in [1.807, 2.05) is 0 Å². The summed E-state index contributed by atoms with van der Waals surface area (Å²) in [6.07, 6.45) is 5.68. The van der Waals surface area contributed by atoms with E-state index in [1.165, 1.54) is 7.11 Å². The number of nitrogens with zero attached hydrogens (tertiary/aromatic N) is 1. The summed E-state index contributed by atoms with van der Waals surface area (Å²) in [5.74, 6) is 2.78. The van der Waals surface area contributed by atoms with Crippen LogP contribution in [0.25, 0.3) is 0 Å². The van der Waals surface area contributed by atoms with Gasteiger partial charge in [-0.3, -0.25) is 0 Å². The van der Waals surface area contributed by atoms with Crippen LogP contribution in [0.4, 0.5) is 0 Å². The van der Waals surface area contributed by atoms with Gasteiger partial charge in [-0.1, -0.05) is 18.9 Å². The third-order valence-electron chi connectivity index (χ3n) is 2.11. The van der Waals surface area contributed by atoms with E-state index in [1.54, 1.807) is 25.1 Å². The van der Waals surface area contributed by atoms with Gasteiger partial charge in [-0.25, -0.2) is 4.98 Å². The molecule has 3 nitrogen and oxygen atoms in total. The number of methoxy groups -OCH3 is 1. The molecule has 0 aliphatic rings. The lowest BCUT2D eigenvalue weighted by atomic mass is 9.97. The molecule has 0 fully saturated rings. The maximum atomic E-state index is 9.97. The van der Waals surface area contributed by atoms with Crippen molar-refractivity contribution < 1.29 is 9.84 Å². The van der Waals surface area contributed by atoms with Gasteiger partial charge in [-0.05, 0) is 12.5 Å². The molecule has 74 valence electrons. The van der Waals surface area contributed by atoms with Crippen LogP contribution in [0.5, 0.6) is 5.88 Å². The average Bonchev–Trinajstić information content (AvgIpc) is 2.28. The van der Waals surface area contributed by atoms with Crippen LogP contribution >= 0.6 is 0 Å². The van der Waals surface area contributed by atoms with Crippen molar-refractivity contribution in [1.82, 2.24) is 4.98 Å². The highest BCUT2D eigenvalue weighted by Gasteiger charge is 2.25. The number of aliphatic hydroxyl groups is 1. The average molecular weight is 191 g/mol. The Morgan fingerprint density at radius 1 is 1.64 bits per heavy atom. The van der Waals surface area contributed by atoms with E-state index in [9.17, 15) is 5.11 Å². The number of rotatable bonds is 3. The smallest absolute Gasteiger partial charge is 0.213 e. The molecule has 0 saturated heterocycles. The van der Waals surface area contributed by atoms with Crippen molar-refractivity contribution in [2.24, 2.45) is 0 Å². The SMILES string of the molecule is C#CC(O)(CC)c1cccc(OC)n1. The summed E-state index contributed by atoms with van der Waals surface area (Å²) in [4.78, 5) is 4.09. The number of hydrogen-bond acceptors (Lipinski definition) is 3. The quantitative estimate of drug-likeness (QED) is 0.733. The highest BCUT2D eigenvalue weighted by molar-refractivity contribution is 5.27. The monoisotopic (exact) mass is 191 g/mol. The van der Waals surface area contributed by atoms with Gasteiger partial charge in [0.2, 0.25) is 5.88 Å². The Morgan fingerprint density at radius 3 is 2.86 bits per heavy atom. The Balaban J connectivity index is 3.12. The Morgan fingerprint density at radius 2 is 2.36 bits per heavy atom. The Kier molecular flexibility index (Phi) is 3.10. The molecule has 0 spiro atoms. The van der Waals surface area contributed by atoms with Crippen molar-refractivity contribution in [2.75, 3.05) is 7.11 Å². The van der Waals surface area contributed by atoms with Gasteiger partial charge >= 0.3 is 0 Å². The standard InChI is InChI=1S/C11H13NO2/c1-4-11(13,5-2)9-7-6-8-10(12-9)14-3/h1,6-8,13H,5H2,2-3H3. The van der Waals surface area contributed by atoms with Gasteiger partial charge in [-0.15, -0.1) is 6.42 Å². The fourth-order valence-corrected chi connectivity index (χ4v) is 1.12. The molecule has 0 radical (unpaired) electrons. The molecule has 3 heteroatoms. The summed E-state index contributed by atoms with van der Waals surface area (Å²) in [7, 11) is 1.52. The molecule has 0 aromatic carbocycles. The first-order chi connectivity index (χ1) is 6.66. The molecule has 0 bridgehead atoms. The summed E-state index contributed by atoms with van der Waals surface area (Å²) < 4.78 is 4.95. The van der Waals surface area contributed by atoms with Crippen molar-refractivity contribution in [3.63, 3.8) is 0 Å². The maximum absolute atomic E-state index is 9.97. The molecule has 0 aliphatic heterocycles. The van der Waals surface area contributed by atoms with Gasteiger partial charge in [0.05, 0.1) is 12.8 Å². The highest BCUT2D eigenvalue weighted by atomic mass is 16.5. The third-order valence-corrected chi connectivity index (χ3v) is 2.11. The zero-order valence-corrected chi connectivity index (χ0v) is 8.32. The number of pyridine rings is 1. The number of ether oxygens (including phenoxy) is 1. The molecule has 0 aliphatic carbocycles. The molecule has 1 rings (SSSR count). The highest BCUT2D eigenvalue weighted by Crippen LogP contribution is 2.23. The Labute approximate surface area is 83.7 Å². The molecule has 1 unspecified atom stereocenters. The van der Waals surface area contributed by atoms with E-state index in [-0.39, 0.29) is 0 Å². The second kappa shape index (κ2) is 4.12. The van der Waals surface area contributed by atoms with E-state index in [2.05, 4.69) is 10.9 Å². The van der Waals surface area contributed by atoms with Crippen LogP contribution in [-0.2, 0) is 5.60 Å². The van der Waals surface area contributed by atoms with E-state index >= 15 is 0 Å². The third kappa shape index (κ3) is 1.86. The zero-order chi connectivity index (χ0) is 10.6. The first-order valence-electron chi connectivity index (χ1n) is 4.38. The molecule has 0 amide bonds. The summed E-state index contributed by atoms with van der Waals surface area (Å²) >= 11 is 0. The van der Waals surface area contributed by atoms with Crippen molar-refractivity contribution >= 4 is 0 Å². The van der Waals surface area contributed by atoms with Gasteiger partial charge < -0.3 is 9.84 Å². The lowest BCUT2D eigenvalue weighted by Crippen LogP contribution is -2.23. The predicted octanol–water partition coefficient (Wildman–Crippen LogP) is 1.32. The molecule has 1 aromatic rings. The van der Waals surface area contributed by atoms with Crippen LogP contribution in [0.3, 0.4) is 0 Å². The lowest BCUT2D eigenvalue weighted by molar-refractivity contribution is 0.0907. The first kappa shape index (κ1) is 10.6. The van der Waals surface area contributed by atoms with Gasteiger partial charge in [0, 0.05) is 6.07 Å². The normalized spacial score (nSPS) is 14.1. The molecular weight excluding hydrogens is 178 g/mol. The second-order valence-corrected chi connectivity index (χ2v) is 2.92. The topological polar surface area (TPSA) is 42.4 Å². The summed E-state index contributed by atoms with van der Waals surface area (Å²) in [5, 5.41) is 9.97. The molecular formula is C11H13NO2. The molecule has 1 atom stereocenters. The van der Waals surface area contributed by atoms with Crippen LogP contribution < -0.4 is 4.74 Å². The van der Waals surface area contributed by atoms with Gasteiger partial charge in [0.1, 0.15) is 0 Å². The Bertz CT molecular complexity index is 357. The van der Waals surface area contributed by atoms with Crippen molar-refractivity contribution in [3.8, 4) is 18.2 Å². The lowest BCUT2D eigenvalue weighted by Gasteiger charge is -2.19. The summed E-state index contributed by atoms with van der Waals surface area (Å²) in [6.45, 7) is 1.81. The molecule has 1 N–H and O–H groups in total. The van der Waals surface area contributed by atoms with Gasteiger partial charge in [0.25, 0.3) is 0 Å². The minimum Gasteiger partial charge on any atom is -0.481 e. The van der Waals surface area contributed by atoms with Crippen molar-refractivity contribution in [3.05, 3.63) is 23.9 Å². The number of hydrogen-bond donors (Lipinski definition) is 1. The van der Waals surface area contributed by atoms with E-state index in [4.69, 9.17) is 11.2 Å². The fraction of sp³-hybridized carbons (Fsp3) is 0.364. The maximum Gasteiger partial charge on any atom is 0.213 e. The first-order valence-corrected chi connectivity index (χ1v) is 4.38. The molecule has 0 saturated carbocycles. The molecule has 1 heterocycles. The Hall–Kier alpha value is -1.53. The van der Waals surface area contributed by atoms with Gasteiger partial charge in [-0.2, -0.15) is 0 Å². The fourth-order valence-electron chi connectivity index (χ4n) is 1.12. The van der Waals surface area contributed by atoms with Crippen LogP contribution in [0, 0.1) is 12.3 Å². The largest absolute Gasteiger partial charge is 0.481 e. The second-order valence-electron chi connectivity index (χ2n) is 2.92.